The number of nitrogens with zero attached hydrogens (tertiary/aromatic N) is 2. The summed E-state index contributed by atoms with van der Waals surface area (Å²) in [7, 11) is -4.47. The predicted octanol–water partition coefficient (Wildman–Crippen LogP) is 0.985. The fraction of sp³-hybridized carbons (Fsp3) is 0. The largest absolute Gasteiger partial charge is 0.241 e. The third-order valence-corrected chi connectivity index (χ3v) is 2.53. The van der Waals surface area contributed by atoms with Crippen LogP contribution in [0.2, 0.25) is 0 Å². The highest BCUT2D eigenvalue weighted by molar-refractivity contribution is 7.89. The minimum absolute atomic E-state index is 0.513. The molecule has 10 heteroatoms. The SMILES string of the molecule is NS(=O)(=O)c1ccc(N(F)N=O)c(F)c1F. The van der Waals surface area contributed by atoms with E-state index in [2.05, 4.69) is 5.14 Å². The minimum Gasteiger partial charge on any atom is -0.225 e. The molecule has 0 atom stereocenters. The van der Waals surface area contributed by atoms with Gasteiger partial charge in [-0.3, -0.25) is 0 Å². The lowest BCUT2D eigenvalue weighted by Gasteiger charge is -2.07. The molecule has 0 aliphatic heterocycles. The molecule has 0 saturated heterocycles. The standard InChI is InChI=1S/C6H4F3N3O3S/c7-5-3(12(9)11-13)1-2-4(6(5)8)16(10,14)15/h1-2H,(H2,10,14,15). The van der Waals surface area contributed by atoms with Crippen LogP contribution < -0.4 is 10.4 Å². The lowest BCUT2D eigenvalue weighted by atomic mass is 10.3. The normalized spacial score (nSPS) is 11.2. The summed E-state index contributed by atoms with van der Waals surface area (Å²) in [6.07, 6.45) is 0. The van der Waals surface area contributed by atoms with Crippen molar-refractivity contribution in [3.8, 4) is 0 Å². The summed E-state index contributed by atoms with van der Waals surface area (Å²) in [6, 6.07) is 1.03. The molecule has 2 N–H and O–H groups in total. The van der Waals surface area contributed by atoms with E-state index < -0.39 is 37.5 Å². The minimum atomic E-state index is -4.47. The first-order chi connectivity index (χ1) is 7.29. The van der Waals surface area contributed by atoms with E-state index >= 15 is 0 Å². The van der Waals surface area contributed by atoms with Crippen LogP contribution in [0.5, 0.6) is 0 Å². The molecule has 0 saturated carbocycles. The van der Waals surface area contributed by atoms with Crippen molar-refractivity contribution in [3.63, 3.8) is 0 Å². The molecular weight excluding hydrogens is 251 g/mol. The van der Waals surface area contributed by atoms with Crippen LogP contribution >= 0.6 is 0 Å². The summed E-state index contributed by atoms with van der Waals surface area (Å²) in [5.41, 5.74) is -1.15. The van der Waals surface area contributed by atoms with E-state index in [1.54, 1.807) is 5.29 Å². The number of halogens is 3. The van der Waals surface area contributed by atoms with E-state index in [1.807, 2.05) is 0 Å². The van der Waals surface area contributed by atoms with Crippen LogP contribution in [0.25, 0.3) is 0 Å². The average Bonchev–Trinajstić information content (AvgIpc) is 2.19. The molecule has 0 aliphatic carbocycles. The number of benzene rings is 1. The molecule has 1 aromatic rings. The maximum atomic E-state index is 13.1. The molecule has 1 rings (SSSR count). The van der Waals surface area contributed by atoms with Crippen molar-refractivity contribution in [2.75, 3.05) is 5.23 Å². The van der Waals surface area contributed by atoms with Gasteiger partial charge in [-0.05, 0) is 12.1 Å². The van der Waals surface area contributed by atoms with Crippen molar-refractivity contribution in [2.24, 2.45) is 10.4 Å². The fourth-order valence-corrected chi connectivity index (χ4v) is 1.52. The van der Waals surface area contributed by atoms with Crippen molar-refractivity contribution in [1.29, 1.82) is 0 Å². The highest BCUT2D eigenvalue weighted by Crippen LogP contribution is 2.26. The van der Waals surface area contributed by atoms with E-state index in [9.17, 15) is 26.6 Å². The molecule has 0 aliphatic rings. The molecule has 0 fully saturated rings. The predicted molar refractivity (Wildman–Crippen MR) is 47.1 cm³/mol. The lowest BCUT2D eigenvalue weighted by molar-refractivity contribution is 0.418. The Bertz CT molecular complexity index is 533. The summed E-state index contributed by atoms with van der Waals surface area (Å²) < 4.78 is 60.1. The zero-order valence-corrected chi connectivity index (χ0v) is 8.21. The topological polar surface area (TPSA) is 92.8 Å². The van der Waals surface area contributed by atoms with Crippen molar-refractivity contribution < 1.29 is 21.7 Å². The molecule has 88 valence electrons. The van der Waals surface area contributed by atoms with E-state index in [4.69, 9.17) is 0 Å². The van der Waals surface area contributed by atoms with Gasteiger partial charge < -0.3 is 0 Å². The molecule has 0 heterocycles. The first-order valence-corrected chi connectivity index (χ1v) is 5.13. The van der Waals surface area contributed by atoms with E-state index in [0.717, 1.165) is 0 Å². The number of hydrogen-bond acceptors (Lipinski definition) is 4. The van der Waals surface area contributed by atoms with Gasteiger partial charge in [0.25, 0.3) is 0 Å². The molecule has 16 heavy (non-hydrogen) atoms. The quantitative estimate of drug-likeness (QED) is 0.495. The van der Waals surface area contributed by atoms with Gasteiger partial charge in [-0.15, -0.1) is 4.91 Å². The Morgan fingerprint density at radius 2 is 1.81 bits per heavy atom. The second kappa shape index (κ2) is 4.06. The lowest BCUT2D eigenvalue weighted by Crippen LogP contribution is -2.16. The van der Waals surface area contributed by atoms with E-state index in [0.29, 0.717) is 12.1 Å². The number of sulfonamides is 1. The second-order valence-corrected chi connectivity index (χ2v) is 4.13. The summed E-state index contributed by atoms with van der Waals surface area (Å²) in [5.74, 6) is -3.76. The Morgan fingerprint density at radius 3 is 2.25 bits per heavy atom. The van der Waals surface area contributed by atoms with Crippen LogP contribution in [0.3, 0.4) is 0 Å². The third-order valence-electron chi connectivity index (χ3n) is 1.60. The summed E-state index contributed by atoms with van der Waals surface area (Å²) in [4.78, 5) is 8.57. The fourth-order valence-electron chi connectivity index (χ4n) is 0.928. The molecule has 1 aromatic carbocycles. The Balaban J connectivity index is 3.46. The zero-order chi connectivity index (χ0) is 12.5. The Morgan fingerprint density at radius 1 is 1.25 bits per heavy atom. The Kier molecular flexibility index (Phi) is 3.14. The number of rotatable bonds is 3. The average molecular weight is 255 g/mol. The van der Waals surface area contributed by atoms with Crippen LogP contribution in [-0.4, -0.2) is 8.42 Å². The molecule has 0 amide bonds. The van der Waals surface area contributed by atoms with E-state index in [1.165, 1.54) is 0 Å². The monoisotopic (exact) mass is 255 g/mol. The zero-order valence-electron chi connectivity index (χ0n) is 7.39. The van der Waals surface area contributed by atoms with Crippen LogP contribution in [-0.2, 0) is 10.0 Å². The first-order valence-electron chi connectivity index (χ1n) is 3.59. The van der Waals surface area contributed by atoms with Crippen LogP contribution in [0.4, 0.5) is 18.9 Å². The van der Waals surface area contributed by atoms with Gasteiger partial charge in [-0.25, -0.2) is 22.3 Å². The Hall–Kier alpha value is -1.68. The van der Waals surface area contributed by atoms with Crippen molar-refractivity contribution >= 4 is 15.7 Å². The summed E-state index contributed by atoms with van der Waals surface area (Å²) in [6.45, 7) is 0. The van der Waals surface area contributed by atoms with Crippen molar-refractivity contribution in [3.05, 3.63) is 28.7 Å². The van der Waals surface area contributed by atoms with Gasteiger partial charge >= 0.3 is 0 Å². The molecule has 0 radical (unpaired) electrons. The number of nitroso groups, excluding NO2 is 1. The summed E-state index contributed by atoms with van der Waals surface area (Å²) >= 11 is 0. The smallest absolute Gasteiger partial charge is 0.225 e. The third kappa shape index (κ3) is 2.12. The first kappa shape index (κ1) is 12.4. The number of primary sulfonamides is 1. The van der Waals surface area contributed by atoms with Crippen LogP contribution in [0.15, 0.2) is 22.3 Å². The molecule has 0 aromatic heterocycles. The number of nitrogens with two attached hydrogens (primary N) is 1. The number of hydrogen-bond donors (Lipinski definition) is 1. The molecule has 0 spiro atoms. The highest BCUT2D eigenvalue weighted by Gasteiger charge is 2.23. The van der Waals surface area contributed by atoms with Gasteiger partial charge in [-0.2, -0.15) is 0 Å². The Labute approximate surface area is 87.4 Å². The maximum absolute atomic E-state index is 13.1. The van der Waals surface area contributed by atoms with Gasteiger partial charge in [0, 0.05) is 0 Å². The second-order valence-electron chi connectivity index (χ2n) is 2.60. The van der Waals surface area contributed by atoms with Crippen LogP contribution in [0.1, 0.15) is 0 Å². The molecule has 0 bridgehead atoms. The van der Waals surface area contributed by atoms with Gasteiger partial charge in [0.15, 0.2) is 11.6 Å². The molecule has 6 nitrogen and oxygen atoms in total. The molecule has 0 unspecified atom stereocenters. The van der Waals surface area contributed by atoms with Gasteiger partial charge in [-0.1, -0.05) is 9.71 Å². The highest BCUT2D eigenvalue weighted by atomic mass is 32.2. The van der Waals surface area contributed by atoms with Crippen LogP contribution in [0, 0.1) is 16.5 Å². The maximum Gasteiger partial charge on any atom is 0.241 e. The number of anilines is 1. The van der Waals surface area contributed by atoms with E-state index in [-0.39, 0.29) is 0 Å². The molecular formula is C6H4F3N3O3S. The van der Waals surface area contributed by atoms with Gasteiger partial charge in [0.1, 0.15) is 10.6 Å². The van der Waals surface area contributed by atoms with Gasteiger partial charge in [0.05, 0.1) is 5.29 Å². The van der Waals surface area contributed by atoms with Crippen molar-refractivity contribution in [1.82, 2.24) is 0 Å². The summed E-state index contributed by atoms with van der Waals surface area (Å²) in [5, 5.41) is 5.26. The van der Waals surface area contributed by atoms with Gasteiger partial charge in [0.2, 0.25) is 10.0 Å². The van der Waals surface area contributed by atoms with Crippen molar-refractivity contribution in [2.45, 2.75) is 4.90 Å².